The van der Waals surface area contributed by atoms with Gasteiger partial charge in [-0.3, -0.25) is 0 Å². The third-order valence-electron chi connectivity index (χ3n) is 2.24. The zero-order valence-corrected chi connectivity index (χ0v) is 10.5. The van der Waals surface area contributed by atoms with Crippen LogP contribution in [0.4, 0.5) is 5.69 Å². The van der Waals surface area contributed by atoms with Crippen molar-refractivity contribution in [3.05, 3.63) is 52.5 Å². The van der Waals surface area contributed by atoms with E-state index in [4.69, 9.17) is 0 Å². The Hall–Kier alpha value is -1.42. The van der Waals surface area contributed by atoms with E-state index in [0.717, 1.165) is 16.0 Å². The SMILES string of the molecule is Cc1cc(Br)ccc1NCc1ncccn1. The maximum Gasteiger partial charge on any atom is 0.147 e. The molecule has 4 heteroatoms. The Morgan fingerprint density at radius 2 is 2.00 bits per heavy atom. The topological polar surface area (TPSA) is 37.8 Å². The van der Waals surface area contributed by atoms with Crippen molar-refractivity contribution >= 4 is 21.6 Å². The summed E-state index contributed by atoms with van der Waals surface area (Å²) in [5.74, 6) is 0.796. The van der Waals surface area contributed by atoms with E-state index in [2.05, 4.69) is 44.2 Å². The summed E-state index contributed by atoms with van der Waals surface area (Å²) in [5, 5.41) is 3.31. The molecule has 0 fully saturated rings. The van der Waals surface area contributed by atoms with Crippen LogP contribution in [0.3, 0.4) is 0 Å². The van der Waals surface area contributed by atoms with Gasteiger partial charge in [0.1, 0.15) is 5.82 Å². The van der Waals surface area contributed by atoms with Crippen LogP contribution >= 0.6 is 15.9 Å². The molecule has 1 aromatic heterocycles. The smallest absolute Gasteiger partial charge is 0.147 e. The molecule has 0 radical (unpaired) electrons. The van der Waals surface area contributed by atoms with Crippen LogP contribution in [0.25, 0.3) is 0 Å². The van der Waals surface area contributed by atoms with Crippen LogP contribution < -0.4 is 5.32 Å². The number of aryl methyl sites for hydroxylation is 1. The van der Waals surface area contributed by atoms with Crippen LogP contribution in [0.5, 0.6) is 0 Å². The van der Waals surface area contributed by atoms with Crippen LogP contribution in [0.2, 0.25) is 0 Å². The highest BCUT2D eigenvalue weighted by atomic mass is 79.9. The van der Waals surface area contributed by atoms with Crippen LogP contribution in [0.15, 0.2) is 41.1 Å². The molecule has 3 nitrogen and oxygen atoms in total. The third-order valence-corrected chi connectivity index (χ3v) is 2.74. The molecule has 0 amide bonds. The van der Waals surface area contributed by atoms with Crippen molar-refractivity contribution in [2.45, 2.75) is 13.5 Å². The second-order valence-electron chi connectivity index (χ2n) is 3.48. The number of aromatic nitrogens is 2. The van der Waals surface area contributed by atoms with Gasteiger partial charge in [0.05, 0.1) is 6.54 Å². The van der Waals surface area contributed by atoms with E-state index in [-0.39, 0.29) is 0 Å². The van der Waals surface area contributed by atoms with Gasteiger partial charge in [0, 0.05) is 22.6 Å². The average molecular weight is 278 g/mol. The fourth-order valence-corrected chi connectivity index (χ4v) is 1.90. The third kappa shape index (κ3) is 2.79. The molecule has 0 saturated heterocycles. The zero-order valence-electron chi connectivity index (χ0n) is 8.94. The first kappa shape index (κ1) is 11.1. The predicted octanol–water partition coefficient (Wildman–Crippen LogP) is 3.16. The van der Waals surface area contributed by atoms with E-state index < -0.39 is 0 Å². The van der Waals surface area contributed by atoms with E-state index in [1.54, 1.807) is 12.4 Å². The van der Waals surface area contributed by atoms with Crippen LogP contribution in [0, 0.1) is 6.92 Å². The van der Waals surface area contributed by atoms with Gasteiger partial charge in [0.2, 0.25) is 0 Å². The molecule has 0 unspecified atom stereocenters. The van der Waals surface area contributed by atoms with Gasteiger partial charge in [-0.15, -0.1) is 0 Å². The van der Waals surface area contributed by atoms with Crippen molar-refractivity contribution in [2.75, 3.05) is 5.32 Å². The van der Waals surface area contributed by atoms with Crippen molar-refractivity contribution in [1.29, 1.82) is 0 Å². The lowest BCUT2D eigenvalue weighted by Gasteiger charge is -2.08. The molecule has 0 saturated carbocycles. The molecule has 0 bridgehead atoms. The van der Waals surface area contributed by atoms with E-state index in [0.29, 0.717) is 6.54 Å². The number of rotatable bonds is 3. The molecule has 2 aromatic rings. The highest BCUT2D eigenvalue weighted by Crippen LogP contribution is 2.20. The van der Waals surface area contributed by atoms with Crippen molar-refractivity contribution in [3.8, 4) is 0 Å². The highest BCUT2D eigenvalue weighted by molar-refractivity contribution is 9.10. The fourth-order valence-electron chi connectivity index (χ4n) is 1.42. The summed E-state index contributed by atoms with van der Waals surface area (Å²) in [5.41, 5.74) is 2.31. The van der Waals surface area contributed by atoms with E-state index in [1.165, 1.54) is 5.56 Å². The predicted molar refractivity (Wildman–Crippen MR) is 68.2 cm³/mol. The summed E-state index contributed by atoms with van der Waals surface area (Å²) in [4.78, 5) is 8.32. The summed E-state index contributed by atoms with van der Waals surface area (Å²) >= 11 is 3.44. The van der Waals surface area contributed by atoms with Crippen molar-refractivity contribution < 1.29 is 0 Å². The lowest BCUT2D eigenvalue weighted by atomic mass is 10.2. The quantitative estimate of drug-likeness (QED) is 0.937. The average Bonchev–Trinajstić information content (AvgIpc) is 2.29. The first-order valence-electron chi connectivity index (χ1n) is 5.01. The minimum absolute atomic E-state index is 0.642. The van der Waals surface area contributed by atoms with Gasteiger partial charge in [-0.1, -0.05) is 15.9 Å². The lowest BCUT2D eigenvalue weighted by Crippen LogP contribution is -2.04. The Bertz CT molecular complexity index is 471. The van der Waals surface area contributed by atoms with Crippen LogP contribution in [0.1, 0.15) is 11.4 Å². The molecule has 0 aliphatic heterocycles. The Labute approximate surface area is 103 Å². The first-order valence-corrected chi connectivity index (χ1v) is 5.81. The fraction of sp³-hybridized carbons (Fsp3) is 0.167. The van der Waals surface area contributed by atoms with Crippen LogP contribution in [-0.4, -0.2) is 9.97 Å². The molecule has 0 aliphatic rings. The number of benzene rings is 1. The molecular weight excluding hydrogens is 266 g/mol. The van der Waals surface area contributed by atoms with Gasteiger partial charge in [0.15, 0.2) is 0 Å². The van der Waals surface area contributed by atoms with Crippen molar-refractivity contribution in [1.82, 2.24) is 9.97 Å². The summed E-state index contributed by atoms with van der Waals surface area (Å²) < 4.78 is 1.09. The molecule has 16 heavy (non-hydrogen) atoms. The van der Waals surface area contributed by atoms with Gasteiger partial charge in [-0.05, 0) is 36.8 Å². The Morgan fingerprint density at radius 1 is 1.25 bits per heavy atom. The van der Waals surface area contributed by atoms with E-state index >= 15 is 0 Å². The van der Waals surface area contributed by atoms with Crippen molar-refractivity contribution in [3.63, 3.8) is 0 Å². The second-order valence-corrected chi connectivity index (χ2v) is 4.39. The standard InChI is InChI=1S/C12H12BrN3/c1-9-7-10(13)3-4-11(9)16-8-12-14-5-2-6-15-12/h2-7,16H,8H2,1H3. The highest BCUT2D eigenvalue weighted by Gasteiger charge is 1.99. The van der Waals surface area contributed by atoms with Gasteiger partial charge in [-0.2, -0.15) is 0 Å². The number of hydrogen-bond acceptors (Lipinski definition) is 3. The molecule has 82 valence electrons. The molecule has 1 aromatic carbocycles. The Balaban J connectivity index is 2.05. The molecule has 0 aliphatic carbocycles. The molecule has 2 rings (SSSR count). The summed E-state index contributed by atoms with van der Waals surface area (Å²) in [6.45, 7) is 2.71. The second kappa shape index (κ2) is 5.07. The normalized spacial score (nSPS) is 10.1. The molecule has 0 spiro atoms. The summed E-state index contributed by atoms with van der Waals surface area (Å²) in [6.07, 6.45) is 3.50. The minimum atomic E-state index is 0.642. The number of halogens is 1. The summed E-state index contributed by atoms with van der Waals surface area (Å²) in [6, 6.07) is 7.95. The maximum atomic E-state index is 4.16. The molecular formula is C12H12BrN3. The molecule has 1 N–H and O–H groups in total. The lowest BCUT2D eigenvalue weighted by molar-refractivity contribution is 0.947. The zero-order chi connectivity index (χ0) is 11.4. The maximum absolute atomic E-state index is 4.16. The monoisotopic (exact) mass is 277 g/mol. The van der Waals surface area contributed by atoms with Crippen molar-refractivity contribution in [2.24, 2.45) is 0 Å². The van der Waals surface area contributed by atoms with Gasteiger partial charge < -0.3 is 5.32 Å². The number of anilines is 1. The number of hydrogen-bond donors (Lipinski definition) is 1. The molecule has 1 heterocycles. The van der Waals surface area contributed by atoms with E-state index in [9.17, 15) is 0 Å². The van der Waals surface area contributed by atoms with Crippen LogP contribution in [-0.2, 0) is 6.54 Å². The molecule has 0 atom stereocenters. The Morgan fingerprint density at radius 3 is 2.69 bits per heavy atom. The summed E-state index contributed by atoms with van der Waals surface area (Å²) in [7, 11) is 0. The first-order chi connectivity index (χ1) is 7.75. The largest absolute Gasteiger partial charge is 0.378 e. The van der Waals surface area contributed by atoms with Gasteiger partial charge in [-0.25, -0.2) is 9.97 Å². The minimum Gasteiger partial charge on any atom is -0.378 e. The number of nitrogens with zero attached hydrogens (tertiary/aromatic N) is 2. The van der Waals surface area contributed by atoms with Gasteiger partial charge in [0.25, 0.3) is 0 Å². The van der Waals surface area contributed by atoms with Gasteiger partial charge >= 0.3 is 0 Å². The van der Waals surface area contributed by atoms with E-state index in [1.807, 2.05) is 18.2 Å². The Kier molecular flexibility index (Phi) is 3.51. The number of nitrogens with one attached hydrogen (secondary N) is 1.